The number of nitrogens with zero attached hydrogens (tertiary/aromatic N) is 3. The van der Waals surface area contributed by atoms with Crippen LogP contribution in [0.25, 0.3) is 22.2 Å². The molecule has 134 valence electrons. The van der Waals surface area contributed by atoms with Crippen molar-refractivity contribution in [1.29, 1.82) is 0 Å². The van der Waals surface area contributed by atoms with Gasteiger partial charge < -0.3 is 4.55 Å². The molecule has 0 spiro atoms. The lowest BCUT2D eigenvalue weighted by molar-refractivity contribution is 0.562. The van der Waals surface area contributed by atoms with Gasteiger partial charge in [-0.25, -0.2) is 4.98 Å². The van der Waals surface area contributed by atoms with E-state index in [0.29, 0.717) is 5.02 Å². The molecule has 1 unspecified atom stereocenters. The van der Waals surface area contributed by atoms with Crippen LogP contribution < -0.4 is 0 Å². The molecular weight excluding hydrogens is 366 g/mol. The van der Waals surface area contributed by atoms with Crippen molar-refractivity contribution in [3.63, 3.8) is 0 Å². The van der Waals surface area contributed by atoms with Gasteiger partial charge in [0.05, 0.1) is 22.4 Å². The Morgan fingerprint density at radius 3 is 2.69 bits per heavy atom. The number of hydrogen-bond acceptors (Lipinski definition) is 4. The van der Waals surface area contributed by atoms with Crippen LogP contribution in [0, 0.1) is 6.92 Å². The Morgan fingerprint density at radius 1 is 1.23 bits per heavy atom. The lowest BCUT2D eigenvalue weighted by atomic mass is 10.0. The largest absolute Gasteiger partial charge is 0.591 e. The van der Waals surface area contributed by atoms with E-state index in [1.165, 1.54) is 0 Å². The van der Waals surface area contributed by atoms with Gasteiger partial charge in [0.15, 0.2) is 0 Å². The number of fused-ring (bicyclic) bond motifs is 1. The molecular formula is C20H20ClN3OS. The van der Waals surface area contributed by atoms with Gasteiger partial charge in [-0.1, -0.05) is 28.1 Å². The van der Waals surface area contributed by atoms with E-state index in [4.69, 9.17) is 16.6 Å². The summed E-state index contributed by atoms with van der Waals surface area (Å²) in [5.74, 6) is 0. The highest BCUT2D eigenvalue weighted by Crippen LogP contribution is 2.30. The second kappa shape index (κ2) is 7.35. The van der Waals surface area contributed by atoms with Gasteiger partial charge in [-0.2, -0.15) is 0 Å². The summed E-state index contributed by atoms with van der Waals surface area (Å²) in [5, 5.41) is 1.50. The second-order valence-electron chi connectivity index (χ2n) is 7.02. The van der Waals surface area contributed by atoms with Crippen LogP contribution in [0.15, 0.2) is 47.1 Å². The summed E-state index contributed by atoms with van der Waals surface area (Å²) in [6.07, 6.45) is 5.16. The van der Waals surface area contributed by atoms with E-state index in [9.17, 15) is 4.55 Å². The van der Waals surface area contributed by atoms with Gasteiger partial charge in [0, 0.05) is 28.9 Å². The molecule has 1 aromatic carbocycles. The van der Waals surface area contributed by atoms with Crippen LogP contribution in [0.5, 0.6) is 0 Å². The molecule has 0 saturated heterocycles. The highest BCUT2D eigenvalue weighted by Gasteiger charge is 2.26. The quantitative estimate of drug-likeness (QED) is 0.463. The van der Waals surface area contributed by atoms with E-state index in [0.717, 1.165) is 33.3 Å². The summed E-state index contributed by atoms with van der Waals surface area (Å²) in [6, 6.07) is 9.56. The van der Waals surface area contributed by atoms with Gasteiger partial charge in [-0.3, -0.25) is 4.98 Å². The van der Waals surface area contributed by atoms with E-state index in [2.05, 4.69) is 9.38 Å². The fraction of sp³-hybridized carbons (Fsp3) is 0.250. The minimum Gasteiger partial charge on any atom is -0.591 e. The van der Waals surface area contributed by atoms with Crippen LogP contribution in [0.1, 0.15) is 31.9 Å². The molecule has 3 aromatic rings. The van der Waals surface area contributed by atoms with Crippen molar-refractivity contribution in [2.24, 2.45) is 4.40 Å². The molecule has 26 heavy (non-hydrogen) atoms. The maximum atomic E-state index is 12.3. The predicted molar refractivity (Wildman–Crippen MR) is 110 cm³/mol. The van der Waals surface area contributed by atoms with Crippen LogP contribution in [0.4, 0.5) is 0 Å². The maximum absolute atomic E-state index is 12.3. The summed E-state index contributed by atoms with van der Waals surface area (Å²) < 4.78 is 16.2. The smallest absolute Gasteiger partial charge is 0.144 e. The molecule has 2 aromatic heterocycles. The minimum absolute atomic E-state index is 0.422. The molecule has 0 N–H and O–H groups in total. The first-order valence-electron chi connectivity index (χ1n) is 8.23. The second-order valence-corrected chi connectivity index (χ2v) is 9.37. The number of halogens is 1. The Hall–Kier alpha value is -1.95. The molecule has 6 heteroatoms. The number of pyridine rings is 2. The van der Waals surface area contributed by atoms with Crippen LogP contribution >= 0.6 is 11.6 Å². The Bertz CT molecular complexity index is 982. The third-order valence-electron chi connectivity index (χ3n) is 3.93. The molecule has 2 heterocycles. The Morgan fingerprint density at radius 2 is 2.00 bits per heavy atom. The molecule has 3 rings (SSSR count). The Balaban J connectivity index is 2.21. The first-order valence-corrected chi connectivity index (χ1v) is 9.72. The summed E-state index contributed by atoms with van der Waals surface area (Å²) in [7, 11) is 0. The number of para-hydroxylation sites is 1. The number of hydrogen-bond donors (Lipinski definition) is 0. The molecule has 0 radical (unpaired) electrons. The van der Waals surface area contributed by atoms with Crippen molar-refractivity contribution < 1.29 is 4.55 Å². The maximum Gasteiger partial charge on any atom is 0.144 e. The van der Waals surface area contributed by atoms with E-state index in [-0.39, 0.29) is 0 Å². The van der Waals surface area contributed by atoms with Crippen molar-refractivity contribution in [3.05, 3.63) is 58.9 Å². The van der Waals surface area contributed by atoms with Crippen LogP contribution in [0.3, 0.4) is 0 Å². The summed E-state index contributed by atoms with van der Waals surface area (Å²) in [6.45, 7) is 7.69. The number of rotatable bonds is 3. The van der Waals surface area contributed by atoms with Crippen LogP contribution in [0.2, 0.25) is 5.02 Å². The Labute approximate surface area is 161 Å². The van der Waals surface area contributed by atoms with E-state index in [1.807, 2.05) is 58.0 Å². The van der Waals surface area contributed by atoms with Crippen molar-refractivity contribution in [2.75, 3.05) is 0 Å². The minimum atomic E-state index is -1.35. The van der Waals surface area contributed by atoms with E-state index in [1.54, 1.807) is 18.6 Å². The van der Waals surface area contributed by atoms with Gasteiger partial charge in [-0.05, 0) is 51.5 Å². The topological polar surface area (TPSA) is 61.2 Å². The number of benzene rings is 1. The number of aryl methyl sites for hydroxylation is 1. The highest BCUT2D eigenvalue weighted by molar-refractivity contribution is 7.91. The molecule has 0 amide bonds. The van der Waals surface area contributed by atoms with Crippen LogP contribution in [-0.2, 0) is 11.4 Å². The molecule has 4 nitrogen and oxygen atoms in total. The molecule has 0 aliphatic rings. The zero-order valence-corrected chi connectivity index (χ0v) is 16.7. The molecule has 0 aliphatic heterocycles. The first kappa shape index (κ1) is 18.8. The lowest BCUT2D eigenvalue weighted by Gasteiger charge is -2.18. The third-order valence-corrected chi connectivity index (χ3v) is 5.58. The molecule has 0 bridgehead atoms. The average Bonchev–Trinajstić information content (AvgIpc) is 2.59. The average molecular weight is 386 g/mol. The fourth-order valence-electron chi connectivity index (χ4n) is 2.47. The van der Waals surface area contributed by atoms with Crippen molar-refractivity contribution in [3.8, 4) is 11.3 Å². The normalized spacial score (nSPS) is 13.5. The first-order chi connectivity index (χ1) is 12.3. The van der Waals surface area contributed by atoms with Gasteiger partial charge in [0.2, 0.25) is 0 Å². The van der Waals surface area contributed by atoms with Crippen molar-refractivity contribution >= 4 is 40.1 Å². The highest BCUT2D eigenvalue weighted by atomic mass is 35.5. The van der Waals surface area contributed by atoms with Crippen molar-refractivity contribution in [2.45, 2.75) is 32.4 Å². The molecule has 0 saturated carbocycles. The third kappa shape index (κ3) is 3.90. The number of aromatic nitrogens is 2. The van der Waals surface area contributed by atoms with Gasteiger partial charge in [0.1, 0.15) is 16.1 Å². The zero-order valence-electron chi connectivity index (χ0n) is 15.2. The molecule has 0 fully saturated rings. The molecule has 1 atom stereocenters. The summed E-state index contributed by atoms with van der Waals surface area (Å²) >= 11 is 4.99. The molecule has 0 aliphatic carbocycles. The fourth-order valence-corrected chi connectivity index (χ4v) is 3.22. The SMILES string of the molecule is Cc1ccncc1-c1nc2c(Cl)cccc2cc1C=N[S+]([O-])C(C)(C)C. The zero-order chi connectivity index (χ0) is 18.9. The summed E-state index contributed by atoms with van der Waals surface area (Å²) in [5.41, 5.74) is 4.18. The summed E-state index contributed by atoms with van der Waals surface area (Å²) in [4.78, 5) is 9.01. The lowest BCUT2D eigenvalue weighted by Crippen LogP contribution is -2.25. The van der Waals surface area contributed by atoms with Gasteiger partial charge >= 0.3 is 0 Å². The monoisotopic (exact) mass is 385 g/mol. The van der Waals surface area contributed by atoms with Crippen molar-refractivity contribution in [1.82, 2.24) is 9.97 Å². The van der Waals surface area contributed by atoms with E-state index >= 15 is 0 Å². The predicted octanol–water partition coefficient (Wildman–Crippen LogP) is 5.14. The van der Waals surface area contributed by atoms with Gasteiger partial charge in [-0.15, -0.1) is 0 Å². The van der Waals surface area contributed by atoms with Gasteiger partial charge in [0.25, 0.3) is 0 Å². The van der Waals surface area contributed by atoms with Crippen LogP contribution in [-0.4, -0.2) is 25.5 Å². The standard InChI is InChI=1S/C20H20ClN3OS/c1-13-8-9-22-12-16(13)18-15(11-23-26(25)20(2,3)4)10-14-6-5-7-17(21)19(14)24-18/h5-12H,1-4H3. The Kier molecular flexibility index (Phi) is 5.32. The van der Waals surface area contributed by atoms with E-state index < -0.39 is 16.1 Å².